The average molecular weight is 328 g/mol. The Kier molecular flexibility index (Phi) is 3.66. The molecule has 11 heteroatoms. The molecule has 0 amide bonds. The summed E-state index contributed by atoms with van der Waals surface area (Å²) in [7, 11) is 0. The van der Waals surface area contributed by atoms with Gasteiger partial charge in [0.1, 0.15) is 12.4 Å². The van der Waals surface area contributed by atoms with E-state index in [0.29, 0.717) is 5.69 Å². The van der Waals surface area contributed by atoms with Gasteiger partial charge >= 0.3 is 0 Å². The number of benzene rings is 1. The van der Waals surface area contributed by atoms with Gasteiger partial charge in [-0.05, 0) is 6.07 Å². The van der Waals surface area contributed by atoms with Crippen LogP contribution < -0.4 is 21.9 Å². The van der Waals surface area contributed by atoms with E-state index < -0.39 is 4.92 Å². The third-order valence-electron chi connectivity index (χ3n) is 3.08. The molecule has 0 bridgehead atoms. The monoisotopic (exact) mass is 328 g/mol. The predicted molar refractivity (Wildman–Crippen MR) is 85.8 cm³/mol. The fourth-order valence-corrected chi connectivity index (χ4v) is 1.97. The third-order valence-corrected chi connectivity index (χ3v) is 3.08. The quantitative estimate of drug-likeness (QED) is 0.349. The molecule has 122 valence electrons. The van der Waals surface area contributed by atoms with Crippen molar-refractivity contribution in [3.05, 3.63) is 40.2 Å². The normalized spacial score (nSPS) is 10.7. The molecule has 0 aliphatic heterocycles. The van der Waals surface area contributed by atoms with Gasteiger partial charge in [-0.25, -0.2) is 9.97 Å². The number of aromatic nitrogens is 4. The molecular weight excluding hydrogens is 316 g/mol. The Hall–Kier alpha value is -3.76. The van der Waals surface area contributed by atoms with Gasteiger partial charge in [-0.1, -0.05) is 0 Å². The topological polar surface area (TPSA) is 182 Å². The van der Waals surface area contributed by atoms with Crippen molar-refractivity contribution in [1.82, 2.24) is 19.9 Å². The largest absolute Gasteiger partial charge is 0.485 e. The lowest BCUT2D eigenvalue weighted by molar-refractivity contribution is -0.384. The van der Waals surface area contributed by atoms with E-state index >= 15 is 0 Å². The fourth-order valence-electron chi connectivity index (χ4n) is 1.97. The summed E-state index contributed by atoms with van der Waals surface area (Å²) in [5.41, 5.74) is 18.1. The van der Waals surface area contributed by atoms with Crippen molar-refractivity contribution in [2.45, 2.75) is 6.61 Å². The number of nitrogens with zero attached hydrogens (tertiary/aromatic N) is 5. The number of non-ortho nitro benzene ring substituents is 1. The van der Waals surface area contributed by atoms with Crippen molar-refractivity contribution in [3.63, 3.8) is 0 Å². The standard InChI is InChI=1S/C13H12N8O3/c14-8-2-1-7(21(22)23)3-9(8)24-5-6-4-17-12-10(18-6)11(15)19-13(16)20-12/h1-4H,5,14H2,(H4,15,16,17,19,20). The van der Waals surface area contributed by atoms with Gasteiger partial charge in [-0.3, -0.25) is 10.1 Å². The van der Waals surface area contributed by atoms with Crippen molar-refractivity contribution < 1.29 is 9.66 Å². The van der Waals surface area contributed by atoms with Crippen LogP contribution in [0.2, 0.25) is 0 Å². The van der Waals surface area contributed by atoms with Crippen molar-refractivity contribution in [3.8, 4) is 5.75 Å². The van der Waals surface area contributed by atoms with Gasteiger partial charge in [0.2, 0.25) is 5.95 Å². The molecule has 3 aromatic rings. The highest BCUT2D eigenvalue weighted by atomic mass is 16.6. The minimum atomic E-state index is -0.537. The van der Waals surface area contributed by atoms with Crippen LogP contribution in [-0.4, -0.2) is 24.9 Å². The van der Waals surface area contributed by atoms with Gasteiger partial charge in [-0.15, -0.1) is 0 Å². The summed E-state index contributed by atoms with van der Waals surface area (Å²) in [5.74, 6) is 0.275. The van der Waals surface area contributed by atoms with E-state index in [1.807, 2.05) is 0 Å². The predicted octanol–water partition coefficient (Wildman–Crippen LogP) is 0.654. The summed E-state index contributed by atoms with van der Waals surface area (Å²) >= 11 is 0. The Balaban J connectivity index is 1.86. The number of nitrogen functional groups attached to an aromatic ring is 3. The van der Waals surface area contributed by atoms with E-state index in [1.165, 1.54) is 24.4 Å². The third kappa shape index (κ3) is 2.90. The highest BCUT2D eigenvalue weighted by Gasteiger charge is 2.12. The average Bonchev–Trinajstić information content (AvgIpc) is 2.54. The molecule has 2 heterocycles. The molecule has 24 heavy (non-hydrogen) atoms. The lowest BCUT2D eigenvalue weighted by atomic mass is 10.2. The fraction of sp³-hybridized carbons (Fsp3) is 0.0769. The zero-order valence-corrected chi connectivity index (χ0v) is 12.2. The summed E-state index contributed by atoms with van der Waals surface area (Å²) in [6.45, 7) is -0.0157. The number of nitro benzene ring substituents is 1. The minimum absolute atomic E-state index is 0.00247. The SMILES string of the molecule is Nc1nc(N)c2nc(COc3cc([N+](=O)[O-])ccc3N)cnc2n1. The second kappa shape index (κ2) is 5.79. The molecule has 0 aliphatic rings. The van der Waals surface area contributed by atoms with Gasteiger partial charge in [0.15, 0.2) is 17.0 Å². The number of nitro groups is 1. The molecule has 2 aromatic heterocycles. The van der Waals surface area contributed by atoms with Crippen LogP contribution in [0.4, 0.5) is 23.1 Å². The molecule has 0 saturated carbocycles. The van der Waals surface area contributed by atoms with E-state index in [2.05, 4.69) is 19.9 Å². The van der Waals surface area contributed by atoms with Gasteiger partial charge in [0.25, 0.3) is 5.69 Å². The molecule has 11 nitrogen and oxygen atoms in total. The molecule has 0 radical (unpaired) electrons. The van der Waals surface area contributed by atoms with Crippen molar-refractivity contribution in [2.75, 3.05) is 17.2 Å². The molecule has 0 fully saturated rings. The molecular formula is C13H12N8O3. The minimum Gasteiger partial charge on any atom is -0.485 e. The number of rotatable bonds is 4. The van der Waals surface area contributed by atoms with Crippen LogP contribution in [0.25, 0.3) is 11.2 Å². The van der Waals surface area contributed by atoms with Gasteiger partial charge in [-0.2, -0.15) is 9.97 Å². The summed E-state index contributed by atoms with van der Waals surface area (Å²) in [4.78, 5) is 26.3. The molecule has 3 rings (SSSR count). The molecule has 0 unspecified atom stereocenters. The summed E-state index contributed by atoms with van der Waals surface area (Å²) in [6.07, 6.45) is 1.43. The number of ether oxygens (including phenoxy) is 1. The molecule has 0 atom stereocenters. The Morgan fingerprint density at radius 2 is 1.96 bits per heavy atom. The van der Waals surface area contributed by atoms with E-state index in [0.717, 1.165) is 0 Å². The zero-order chi connectivity index (χ0) is 17.3. The number of hydrogen-bond donors (Lipinski definition) is 3. The number of nitrogens with two attached hydrogens (primary N) is 3. The second-order valence-corrected chi connectivity index (χ2v) is 4.77. The van der Waals surface area contributed by atoms with Crippen LogP contribution in [-0.2, 0) is 6.61 Å². The van der Waals surface area contributed by atoms with Gasteiger partial charge < -0.3 is 21.9 Å². The number of hydrogen-bond acceptors (Lipinski definition) is 10. The van der Waals surface area contributed by atoms with Crippen molar-refractivity contribution in [1.29, 1.82) is 0 Å². The first-order valence-electron chi connectivity index (χ1n) is 6.65. The molecule has 0 saturated heterocycles. The highest BCUT2D eigenvalue weighted by molar-refractivity contribution is 5.81. The van der Waals surface area contributed by atoms with E-state index in [4.69, 9.17) is 21.9 Å². The first-order chi connectivity index (χ1) is 11.4. The smallest absolute Gasteiger partial charge is 0.273 e. The lowest BCUT2D eigenvalue weighted by Crippen LogP contribution is -2.06. The highest BCUT2D eigenvalue weighted by Crippen LogP contribution is 2.27. The van der Waals surface area contributed by atoms with E-state index in [1.54, 1.807) is 0 Å². The van der Waals surface area contributed by atoms with Crippen molar-refractivity contribution >= 4 is 34.3 Å². The number of fused-ring (bicyclic) bond motifs is 1. The second-order valence-electron chi connectivity index (χ2n) is 4.77. The van der Waals surface area contributed by atoms with Crippen LogP contribution in [0, 0.1) is 10.1 Å². The first kappa shape index (κ1) is 15.1. The summed E-state index contributed by atoms with van der Waals surface area (Å²) in [5, 5.41) is 10.8. The number of anilines is 3. The van der Waals surface area contributed by atoms with Gasteiger partial charge in [0, 0.05) is 6.07 Å². The Morgan fingerprint density at radius 3 is 2.71 bits per heavy atom. The van der Waals surface area contributed by atoms with E-state index in [9.17, 15) is 10.1 Å². The summed E-state index contributed by atoms with van der Waals surface area (Å²) < 4.78 is 5.49. The van der Waals surface area contributed by atoms with Crippen molar-refractivity contribution in [2.24, 2.45) is 0 Å². The zero-order valence-electron chi connectivity index (χ0n) is 12.2. The molecule has 0 spiro atoms. The Bertz CT molecular complexity index is 946. The van der Waals surface area contributed by atoms with Gasteiger partial charge in [0.05, 0.1) is 28.6 Å². The van der Waals surface area contributed by atoms with Crippen LogP contribution in [0.1, 0.15) is 5.69 Å². The Labute approximate surface area is 134 Å². The maximum atomic E-state index is 10.8. The molecule has 1 aromatic carbocycles. The molecule has 6 N–H and O–H groups in total. The summed E-state index contributed by atoms with van der Waals surface area (Å²) in [6, 6.07) is 3.93. The van der Waals surface area contributed by atoms with Crippen LogP contribution in [0.5, 0.6) is 5.75 Å². The van der Waals surface area contributed by atoms with E-state index in [-0.39, 0.29) is 46.7 Å². The maximum Gasteiger partial charge on any atom is 0.273 e. The lowest BCUT2D eigenvalue weighted by Gasteiger charge is -2.09. The maximum absolute atomic E-state index is 10.8. The van der Waals surface area contributed by atoms with Crippen LogP contribution in [0.15, 0.2) is 24.4 Å². The Morgan fingerprint density at radius 1 is 1.17 bits per heavy atom. The van der Waals surface area contributed by atoms with Crippen LogP contribution in [0.3, 0.4) is 0 Å². The molecule has 0 aliphatic carbocycles. The first-order valence-corrected chi connectivity index (χ1v) is 6.65. The van der Waals surface area contributed by atoms with Crippen LogP contribution >= 0.6 is 0 Å².